The Labute approximate surface area is 107 Å². The summed E-state index contributed by atoms with van der Waals surface area (Å²) in [6, 6.07) is 2.33. The molecule has 0 bridgehead atoms. The van der Waals surface area contributed by atoms with Crippen molar-refractivity contribution in [3.05, 3.63) is 17.5 Å². The van der Waals surface area contributed by atoms with Crippen LogP contribution in [-0.2, 0) is 0 Å². The highest BCUT2D eigenvalue weighted by molar-refractivity contribution is 7.80. The Kier molecular flexibility index (Phi) is 3.57. The monoisotopic (exact) mass is 250 g/mol. The highest BCUT2D eigenvalue weighted by atomic mass is 32.1. The lowest BCUT2D eigenvalue weighted by molar-refractivity contribution is 0.691. The molecule has 2 atom stereocenters. The van der Waals surface area contributed by atoms with E-state index < -0.39 is 0 Å². The number of nitrogens with one attached hydrogen (secondary N) is 1. The summed E-state index contributed by atoms with van der Waals surface area (Å²) < 4.78 is 0. The van der Waals surface area contributed by atoms with Crippen LogP contribution in [-0.4, -0.2) is 21.0 Å². The van der Waals surface area contributed by atoms with Crippen LogP contribution in [0.3, 0.4) is 0 Å². The SMILES string of the molecule is CCCC1CC1Nc1nc(C)cc(C(N)=S)n1. The van der Waals surface area contributed by atoms with Gasteiger partial charge in [-0.3, -0.25) is 0 Å². The summed E-state index contributed by atoms with van der Waals surface area (Å²) >= 11 is 4.94. The van der Waals surface area contributed by atoms with E-state index in [2.05, 4.69) is 22.2 Å². The van der Waals surface area contributed by atoms with Crippen LogP contribution >= 0.6 is 12.2 Å². The number of anilines is 1. The van der Waals surface area contributed by atoms with Crippen molar-refractivity contribution in [2.45, 2.75) is 39.2 Å². The van der Waals surface area contributed by atoms with Crippen LogP contribution in [0.2, 0.25) is 0 Å². The second kappa shape index (κ2) is 4.96. The maximum atomic E-state index is 5.59. The molecule has 0 aromatic carbocycles. The lowest BCUT2D eigenvalue weighted by atomic mass is 10.2. The van der Waals surface area contributed by atoms with E-state index in [1.54, 1.807) is 0 Å². The number of nitrogens with zero attached hydrogens (tertiary/aromatic N) is 2. The number of thiocarbonyl (C=S) groups is 1. The molecule has 1 saturated carbocycles. The van der Waals surface area contributed by atoms with Crippen molar-refractivity contribution in [2.24, 2.45) is 11.7 Å². The summed E-state index contributed by atoms with van der Waals surface area (Å²) in [5, 5.41) is 3.35. The lowest BCUT2D eigenvalue weighted by Crippen LogP contribution is -2.16. The van der Waals surface area contributed by atoms with Gasteiger partial charge in [-0.15, -0.1) is 0 Å². The zero-order valence-corrected chi connectivity index (χ0v) is 11.0. The average molecular weight is 250 g/mol. The minimum Gasteiger partial charge on any atom is -0.388 e. The first-order valence-electron chi connectivity index (χ1n) is 6.02. The molecule has 2 rings (SSSR count). The number of hydrogen-bond acceptors (Lipinski definition) is 4. The van der Waals surface area contributed by atoms with Crippen molar-refractivity contribution in [3.63, 3.8) is 0 Å². The first-order chi connectivity index (χ1) is 8.10. The molecule has 92 valence electrons. The Balaban J connectivity index is 2.04. The van der Waals surface area contributed by atoms with Gasteiger partial charge in [0.1, 0.15) is 10.7 Å². The third kappa shape index (κ3) is 3.12. The highest BCUT2D eigenvalue weighted by Crippen LogP contribution is 2.36. The molecule has 2 unspecified atom stereocenters. The van der Waals surface area contributed by atoms with E-state index in [1.165, 1.54) is 19.3 Å². The maximum absolute atomic E-state index is 5.59. The number of rotatable bonds is 5. The Hall–Kier alpha value is -1.23. The molecule has 0 spiro atoms. The molecule has 17 heavy (non-hydrogen) atoms. The van der Waals surface area contributed by atoms with Gasteiger partial charge in [0, 0.05) is 11.7 Å². The topological polar surface area (TPSA) is 63.8 Å². The molecule has 0 radical (unpaired) electrons. The third-order valence-corrected chi connectivity index (χ3v) is 3.21. The van der Waals surface area contributed by atoms with E-state index >= 15 is 0 Å². The normalized spacial score (nSPS) is 22.2. The van der Waals surface area contributed by atoms with Crippen LogP contribution in [0.25, 0.3) is 0 Å². The van der Waals surface area contributed by atoms with Crippen LogP contribution in [0, 0.1) is 12.8 Å². The Morgan fingerprint density at radius 1 is 1.59 bits per heavy atom. The molecule has 1 heterocycles. The zero-order chi connectivity index (χ0) is 12.4. The molecule has 4 nitrogen and oxygen atoms in total. The number of hydrogen-bond donors (Lipinski definition) is 2. The number of aryl methyl sites for hydroxylation is 1. The summed E-state index contributed by atoms with van der Waals surface area (Å²) in [5.41, 5.74) is 7.11. The largest absolute Gasteiger partial charge is 0.388 e. The molecule has 1 fully saturated rings. The van der Waals surface area contributed by atoms with Crippen molar-refractivity contribution in [2.75, 3.05) is 5.32 Å². The van der Waals surface area contributed by atoms with E-state index in [9.17, 15) is 0 Å². The van der Waals surface area contributed by atoms with Crippen molar-refractivity contribution in [3.8, 4) is 0 Å². The van der Waals surface area contributed by atoms with Gasteiger partial charge in [0.25, 0.3) is 0 Å². The van der Waals surface area contributed by atoms with E-state index in [4.69, 9.17) is 18.0 Å². The van der Waals surface area contributed by atoms with Gasteiger partial charge in [-0.2, -0.15) is 0 Å². The highest BCUT2D eigenvalue weighted by Gasteiger charge is 2.36. The van der Waals surface area contributed by atoms with Gasteiger partial charge in [-0.05, 0) is 31.7 Å². The number of nitrogens with two attached hydrogens (primary N) is 1. The van der Waals surface area contributed by atoms with Crippen LogP contribution in [0.1, 0.15) is 37.6 Å². The standard InChI is InChI=1S/C12H18N4S/c1-3-4-8-6-9(8)15-12-14-7(2)5-10(16-12)11(13)17/h5,8-9H,3-4,6H2,1-2H3,(H2,13,17)(H,14,15,16). The molecule has 0 amide bonds. The summed E-state index contributed by atoms with van der Waals surface area (Å²) in [6.07, 6.45) is 3.72. The van der Waals surface area contributed by atoms with E-state index in [-0.39, 0.29) is 0 Å². The molecule has 5 heteroatoms. The predicted molar refractivity (Wildman–Crippen MR) is 73.1 cm³/mol. The molecule has 0 saturated heterocycles. The van der Waals surface area contributed by atoms with Crippen molar-refractivity contribution in [1.82, 2.24) is 9.97 Å². The molecule has 3 N–H and O–H groups in total. The van der Waals surface area contributed by atoms with Gasteiger partial charge in [0.15, 0.2) is 0 Å². The van der Waals surface area contributed by atoms with E-state index in [1.807, 2.05) is 13.0 Å². The van der Waals surface area contributed by atoms with Gasteiger partial charge in [0.05, 0.1) is 0 Å². The van der Waals surface area contributed by atoms with Gasteiger partial charge in [-0.1, -0.05) is 25.6 Å². The van der Waals surface area contributed by atoms with Crippen LogP contribution in [0.5, 0.6) is 0 Å². The fourth-order valence-corrected chi connectivity index (χ4v) is 2.14. The van der Waals surface area contributed by atoms with Gasteiger partial charge < -0.3 is 11.1 Å². The second-order valence-electron chi connectivity index (χ2n) is 4.62. The Bertz CT molecular complexity index is 433. The first kappa shape index (κ1) is 12.2. The summed E-state index contributed by atoms with van der Waals surface area (Å²) in [7, 11) is 0. The number of aromatic nitrogens is 2. The third-order valence-electron chi connectivity index (χ3n) is 3.00. The predicted octanol–water partition coefficient (Wildman–Crippen LogP) is 2.02. The molecule has 1 aromatic rings. The molecule has 1 aromatic heterocycles. The van der Waals surface area contributed by atoms with Gasteiger partial charge in [0.2, 0.25) is 5.95 Å². The van der Waals surface area contributed by atoms with E-state index in [0.29, 0.717) is 22.7 Å². The van der Waals surface area contributed by atoms with Crippen molar-refractivity contribution in [1.29, 1.82) is 0 Å². The molecule has 1 aliphatic carbocycles. The van der Waals surface area contributed by atoms with E-state index in [0.717, 1.165) is 11.6 Å². The summed E-state index contributed by atoms with van der Waals surface area (Å²) in [6.45, 7) is 4.13. The molecular formula is C12H18N4S. The van der Waals surface area contributed by atoms with Crippen LogP contribution < -0.4 is 11.1 Å². The van der Waals surface area contributed by atoms with Crippen molar-refractivity contribution >= 4 is 23.2 Å². The Morgan fingerprint density at radius 2 is 2.35 bits per heavy atom. The van der Waals surface area contributed by atoms with Gasteiger partial charge in [-0.25, -0.2) is 9.97 Å². The average Bonchev–Trinajstić information content (AvgIpc) is 2.96. The minimum atomic E-state index is 0.319. The first-order valence-corrected chi connectivity index (χ1v) is 6.43. The second-order valence-corrected chi connectivity index (χ2v) is 5.06. The lowest BCUT2D eigenvalue weighted by Gasteiger charge is -2.07. The maximum Gasteiger partial charge on any atom is 0.223 e. The van der Waals surface area contributed by atoms with Crippen molar-refractivity contribution < 1.29 is 0 Å². The fraction of sp³-hybridized carbons (Fsp3) is 0.583. The fourth-order valence-electron chi connectivity index (χ4n) is 2.04. The van der Waals surface area contributed by atoms with Crippen LogP contribution in [0.15, 0.2) is 6.07 Å². The summed E-state index contributed by atoms with van der Waals surface area (Å²) in [5.74, 6) is 1.42. The Morgan fingerprint density at radius 3 is 3.00 bits per heavy atom. The quantitative estimate of drug-likeness (QED) is 0.783. The van der Waals surface area contributed by atoms with Gasteiger partial charge >= 0.3 is 0 Å². The molecular weight excluding hydrogens is 232 g/mol. The summed E-state index contributed by atoms with van der Waals surface area (Å²) in [4.78, 5) is 8.99. The molecule has 0 aliphatic heterocycles. The minimum absolute atomic E-state index is 0.319. The zero-order valence-electron chi connectivity index (χ0n) is 10.2. The smallest absolute Gasteiger partial charge is 0.223 e. The molecule has 1 aliphatic rings. The van der Waals surface area contributed by atoms with Crippen LogP contribution in [0.4, 0.5) is 5.95 Å².